The Bertz CT molecular complexity index is 915. The minimum absolute atomic E-state index is 0.0525. The number of anilines is 2. The van der Waals surface area contributed by atoms with Crippen molar-refractivity contribution in [3.63, 3.8) is 0 Å². The van der Waals surface area contributed by atoms with E-state index in [0.29, 0.717) is 11.5 Å². The number of rotatable bonds is 6. The molecule has 0 saturated carbocycles. The number of cyclic esters (lactones) is 1. The van der Waals surface area contributed by atoms with Gasteiger partial charge in [-0.1, -0.05) is 12.2 Å². The highest BCUT2D eigenvalue weighted by Crippen LogP contribution is 2.31. The molecule has 3 rings (SSSR count). The summed E-state index contributed by atoms with van der Waals surface area (Å²) in [6, 6.07) is 2.16. The average molecular weight is 464 g/mol. The summed E-state index contributed by atoms with van der Waals surface area (Å²) >= 11 is 4.92. The number of carbonyl (C=O) groups is 1. The fourth-order valence-corrected chi connectivity index (χ4v) is 4.37. The van der Waals surface area contributed by atoms with Crippen LogP contribution in [0.2, 0.25) is 0 Å². The van der Waals surface area contributed by atoms with E-state index in [1.165, 1.54) is 21.2 Å². The Morgan fingerprint density at radius 3 is 2.37 bits per heavy atom. The molecule has 2 aliphatic heterocycles. The van der Waals surface area contributed by atoms with E-state index in [-0.39, 0.29) is 44.1 Å². The first-order valence-corrected chi connectivity index (χ1v) is 11.1. The van der Waals surface area contributed by atoms with Gasteiger partial charge in [-0.05, 0) is 6.92 Å². The van der Waals surface area contributed by atoms with Crippen LogP contribution < -0.4 is 19.8 Å². The largest absolute Gasteiger partial charge is 0.442 e. The van der Waals surface area contributed by atoms with Crippen molar-refractivity contribution in [1.29, 1.82) is 0 Å². The number of piperazine rings is 1. The Hall–Kier alpha value is -2.09. The summed E-state index contributed by atoms with van der Waals surface area (Å²) in [5.41, 5.74) is -0.195. The summed E-state index contributed by atoms with van der Waals surface area (Å²) in [7, 11) is -2.28. The van der Waals surface area contributed by atoms with Crippen molar-refractivity contribution in [1.82, 2.24) is 14.3 Å². The zero-order chi connectivity index (χ0) is 22.1. The van der Waals surface area contributed by atoms with E-state index in [2.05, 4.69) is 10.0 Å². The summed E-state index contributed by atoms with van der Waals surface area (Å²) in [6.45, 7) is 2.58. The molecule has 0 bridgehead atoms. The molecule has 1 aromatic rings. The second-order valence-electron chi connectivity index (χ2n) is 6.91. The number of hydrogen-bond acceptors (Lipinski definition) is 6. The number of benzene rings is 1. The van der Waals surface area contributed by atoms with Crippen LogP contribution in [0.5, 0.6) is 0 Å². The van der Waals surface area contributed by atoms with E-state index in [9.17, 15) is 22.0 Å². The Balaban J connectivity index is 1.72. The molecule has 0 unspecified atom stereocenters. The van der Waals surface area contributed by atoms with Gasteiger partial charge < -0.3 is 15.0 Å². The van der Waals surface area contributed by atoms with E-state index >= 15 is 0 Å². The summed E-state index contributed by atoms with van der Waals surface area (Å²) in [4.78, 5) is 15.3. The fourth-order valence-electron chi connectivity index (χ4n) is 3.39. The zero-order valence-corrected chi connectivity index (χ0v) is 18.2. The number of hydrogen-bond donors (Lipinski definition) is 2. The molecule has 2 saturated heterocycles. The predicted molar refractivity (Wildman–Crippen MR) is 112 cm³/mol. The van der Waals surface area contributed by atoms with Crippen molar-refractivity contribution < 1.29 is 26.7 Å². The molecular formula is C17H23F2N5O4S2. The van der Waals surface area contributed by atoms with Gasteiger partial charge in [0.1, 0.15) is 11.8 Å². The summed E-state index contributed by atoms with van der Waals surface area (Å²) < 4.78 is 61.9. The van der Waals surface area contributed by atoms with E-state index in [4.69, 9.17) is 17.0 Å². The molecule has 2 N–H and O–H groups in total. The van der Waals surface area contributed by atoms with Crippen LogP contribution in [0.25, 0.3) is 0 Å². The predicted octanol–water partition coefficient (Wildman–Crippen LogP) is 0.813. The highest BCUT2D eigenvalue weighted by Gasteiger charge is 2.34. The molecule has 13 heteroatoms. The highest BCUT2D eigenvalue weighted by molar-refractivity contribution is 7.87. The Labute approximate surface area is 179 Å². The molecule has 0 radical (unpaired) electrons. The van der Waals surface area contributed by atoms with Crippen molar-refractivity contribution in [2.75, 3.05) is 56.1 Å². The third-order valence-corrected chi connectivity index (χ3v) is 6.62. The summed E-state index contributed by atoms with van der Waals surface area (Å²) in [5.74, 6) is -1.67. The smallest absolute Gasteiger partial charge is 0.414 e. The Morgan fingerprint density at radius 2 is 1.83 bits per heavy atom. The van der Waals surface area contributed by atoms with Crippen molar-refractivity contribution >= 4 is 44.9 Å². The van der Waals surface area contributed by atoms with Gasteiger partial charge in [0, 0.05) is 45.4 Å². The van der Waals surface area contributed by atoms with Gasteiger partial charge in [-0.2, -0.15) is 12.7 Å². The van der Waals surface area contributed by atoms with Crippen molar-refractivity contribution in [2.45, 2.75) is 13.0 Å². The number of nitrogens with one attached hydrogen (secondary N) is 2. The third kappa shape index (κ3) is 4.79. The van der Waals surface area contributed by atoms with E-state index in [1.54, 1.807) is 6.92 Å². The first-order valence-electron chi connectivity index (χ1n) is 9.27. The maximum absolute atomic E-state index is 14.8. The molecule has 2 heterocycles. The number of amides is 1. The van der Waals surface area contributed by atoms with E-state index in [1.807, 2.05) is 0 Å². The molecule has 0 aliphatic carbocycles. The van der Waals surface area contributed by atoms with Crippen LogP contribution in [0.1, 0.15) is 6.92 Å². The van der Waals surface area contributed by atoms with E-state index in [0.717, 1.165) is 12.1 Å². The number of carbonyl (C=O) groups excluding carboxylic acids is 1. The van der Waals surface area contributed by atoms with Crippen LogP contribution in [0, 0.1) is 11.6 Å². The molecule has 0 spiro atoms. The van der Waals surface area contributed by atoms with Crippen molar-refractivity contribution in [3.05, 3.63) is 23.8 Å². The normalized spacial score (nSPS) is 20.4. The topological polar surface area (TPSA) is 94.2 Å². The maximum Gasteiger partial charge on any atom is 0.414 e. The van der Waals surface area contributed by atoms with Gasteiger partial charge in [0.25, 0.3) is 10.2 Å². The summed E-state index contributed by atoms with van der Waals surface area (Å²) in [6.07, 6.45) is -1.19. The number of nitrogens with zero attached hydrogens (tertiary/aromatic N) is 3. The number of ether oxygens (including phenoxy) is 1. The molecule has 1 atom stereocenters. The fraction of sp³-hybridized carbons (Fsp3) is 0.529. The SMILES string of the molecule is CNS(=O)(=O)N1CCN(c2c(F)cc(N3C[C@H](CNC(C)=S)OC3=O)cc2F)CC1. The van der Waals surface area contributed by atoms with Gasteiger partial charge in [0.05, 0.1) is 23.8 Å². The molecule has 0 aromatic heterocycles. The lowest BCUT2D eigenvalue weighted by atomic mass is 10.2. The molecule has 30 heavy (non-hydrogen) atoms. The molecule has 2 fully saturated rings. The molecule has 9 nitrogen and oxygen atoms in total. The van der Waals surface area contributed by atoms with Gasteiger partial charge in [0.2, 0.25) is 0 Å². The second-order valence-corrected chi connectivity index (χ2v) is 9.39. The quantitative estimate of drug-likeness (QED) is 0.603. The molecule has 1 amide bonds. The standard InChI is InChI=1S/C17H23F2N5O4S2/c1-11(29)21-9-13-10-24(17(25)28-13)12-7-14(18)16(15(19)8-12)22-3-5-23(6-4-22)30(26,27)20-2/h7-8,13,20H,3-6,9-10H2,1-2H3,(H,21,29)/t13-/m0/s1. The highest BCUT2D eigenvalue weighted by atomic mass is 32.2. The maximum atomic E-state index is 14.8. The van der Waals surface area contributed by atoms with Crippen LogP contribution in [-0.4, -0.2) is 76.2 Å². The zero-order valence-electron chi connectivity index (χ0n) is 16.5. The van der Waals surface area contributed by atoms with Gasteiger partial charge in [-0.3, -0.25) is 4.90 Å². The molecule has 2 aliphatic rings. The lowest BCUT2D eigenvalue weighted by molar-refractivity contribution is 0.143. The van der Waals surface area contributed by atoms with E-state index < -0.39 is 34.0 Å². The van der Waals surface area contributed by atoms with Gasteiger partial charge in [-0.25, -0.2) is 18.3 Å². The minimum Gasteiger partial charge on any atom is -0.442 e. The first-order chi connectivity index (χ1) is 14.1. The number of halogens is 2. The van der Waals surface area contributed by atoms with Crippen molar-refractivity contribution in [3.8, 4) is 0 Å². The first kappa shape index (κ1) is 22.6. The van der Waals surface area contributed by atoms with Crippen LogP contribution in [-0.2, 0) is 14.9 Å². The third-order valence-electron chi connectivity index (χ3n) is 4.92. The molecule has 1 aromatic carbocycles. The van der Waals surface area contributed by atoms with Gasteiger partial charge in [0.15, 0.2) is 11.6 Å². The van der Waals surface area contributed by atoms with Crippen LogP contribution >= 0.6 is 12.2 Å². The average Bonchev–Trinajstić information content (AvgIpc) is 3.07. The second kappa shape index (κ2) is 8.96. The van der Waals surface area contributed by atoms with Crippen molar-refractivity contribution in [2.24, 2.45) is 0 Å². The van der Waals surface area contributed by atoms with Gasteiger partial charge >= 0.3 is 6.09 Å². The Kier molecular flexibility index (Phi) is 6.75. The molecular weight excluding hydrogens is 440 g/mol. The van der Waals surface area contributed by atoms with Crippen LogP contribution in [0.3, 0.4) is 0 Å². The lowest BCUT2D eigenvalue weighted by Crippen LogP contribution is -2.51. The minimum atomic E-state index is -3.59. The molecule has 166 valence electrons. The van der Waals surface area contributed by atoms with Gasteiger partial charge in [-0.15, -0.1) is 0 Å². The number of thiocarbonyl (C=S) groups is 1. The van der Waals surface area contributed by atoms with Crippen LogP contribution in [0.4, 0.5) is 25.0 Å². The summed E-state index contributed by atoms with van der Waals surface area (Å²) in [5, 5.41) is 2.89. The lowest BCUT2D eigenvalue weighted by Gasteiger charge is -2.35. The monoisotopic (exact) mass is 463 g/mol. The Morgan fingerprint density at radius 1 is 1.23 bits per heavy atom. The van der Waals surface area contributed by atoms with Crippen LogP contribution in [0.15, 0.2) is 12.1 Å².